The third kappa shape index (κ3) is 1.83. The van der Waals surface area contributed by atoms with Crippen LogP contribution in [0.2, 0.25) is 0 Å². The molecule has 0 atom stereocenters. The monoisotopic (exact) mass is 265 g/mol. The van der Waals surface area contributed by atoms with E-state index in [4.69, 9.17) is 0 Å². The molecule has 0 aromatic heterocycles. The summed E-state index contributed by atoms with van der Waals surface area (Å²) in [6, 6.07) is 14.5. The zero-order valence-electron chi connectivity index (χ0n) is 11.4. The van der Waals surface area contributed by atoms with E-state index >= 15 is 0 Å². The molecule has 100 valence electrons. The van der Waals surface area contributed by atoms with Gasteiger partial charge in [-0.15, -0.1) is 0 Å². The molecule has 1 amide bonds. The summed E-state index contributed by atoms with van der Waals surface area (Å²) >= 11 is 0. The van der Waals surface area contributed by atoms with Crippen LogP contribution in [0.4, 0.5) is 5.69 Å². The first-order chi connectivity index (χ1) is 9.50. The second-order valence-corrected chi connectivity index (χ2v) is 5.53. The highest BCUT2D eigenvalue weighted by Gasteiger charge is 2.38. The molecule has 0 saturated heterocycles. The minimum absolute atomic E-state index is 0.0245. The highest BCUT2D eigenvalue weighted by Crippen LogP contribution is 2.37. The van der Waals surface area contributed by atoms with Crippen molar-refractivity contribution in [1.82, 2.24) is 0 Å². The van der Waals surface area contributed by atoms with E-state index in [1.54, 1.807) is 24.3 Å². The van der Waals surface area contributed by atoms with Crippen molar-refractivity contribution >= 4 is 17.4 Å². The maximum atomic E-state index is 12.4. The minimum Gasteiger partial charge on any atom is -0.325 e. The fourth-order valence-electron chi connectivity index (χ4n) is 2.47. The van der Waals surface area contributed by atoms with Crippen LogP contribution < -0.4 is 5.32 Å². The maximum absolute atomic E-state index is 12.4. The van der Waals surface area contributed by atoms with Gasteiger partial charge in [0.25, 0.3) is 0 Å². The van der Waals surface area contributed by atoms with E-state index in [1.165, 1.54) is 0 Å². The summed E-state index contributed by atoms with van der Waals surface area (Å²) in [6.07, 6.45) is 0. The van der Waals surface area contributed by atoms with Crippen molar-refractivity contribution in [2.75, 3.05) is 5.32 Å². The van der Waals surface area contributed by atoms with Crippen molar-refractivity contribution in [3.05, 3.63) is 65.2 Å². The van der Waals surface area contributed by atoms with Crippen LogP contribution in [0, 0.1) is 0 Å². The predicted molar refractivity (Wildman–Crippen MR) is 78.0 cm³/mol. The number of amides is 1. The van der Waals surface area contributed by atoms with Gasteiger partial charge in [-0.05, 0) is 37.6 Å². The SMILES string of the molecule is CC1(C)C(=O)Nc2ccc(C(=O)c3ccccc3)cc21. The Hall–Kier alpha value is -2.42. The lowest BCUT2D eigenvalue weighted by Crippen LogP contribution is -2.27. The van der Waals surface area contributed by atoms with E-state index in [0.717, 1.165) is 11.3 Å². The molecular formula is C17H15NO2. The average Bonchev–Trinajstić information content (AvgIpc) is 2.69. The van der Waals surface area contributed by atoms with Crippen LogP contribution in [0.15, 0.2) is 48.5 Å². The molecule has 1 N–H and O–H groups in total. The minimum atomic E-state index is -0.595. The Kier molecular flexibility index (Phi) is 2.71. The Morgan fingerprint density at radius 2 is 1.70 bits per heavy atom. The van der Waals surface area contributed by atoms with Crippen molar-refractivity contribution in [2.24, 2.45) is 0 Å². The number of nitrogens with one attached hydrogen (secondary N) is 1. The van der Waals surface area contributed by atoms with Crippen molar-refractivity contribution < 1.29 is 9.59 Å². The Morgan fingerprint density at radius 1 is 1.00 bits per heavy atom. The molecule has 2 aromatic rings. The van der Waals surface area contributed by atoms with Gasteiger partial charge < -0.3 is 5.32 Å². The Labute approximate surface area is 117 Å². The number of rotatable bonds is 2. The lowest BCUT2D eigenvalue weighted by molar-refractivity contribution is -0.119. The van der Waals surface area contributed by atoms with Crippen LogP contribution in [0.1, 0.15) is 35.3 Å². The average molecular weight is 265 g/mol. The van der Waals surface area contributed by atoms with Crippen LogP contribution in [-0.2, 0) is 10.2 Å². The number of hydrogen-bond donors (Lipinski definition) is 1. The third-order valence-electron chi connectivity index (χ3n) is 3.81. The molecule has 0 fully saturated rings. The standard InChI is InChI=1S/C17H15NO2/c1-17(2)13-10-12(8-9-14(13)18-16(17)20)15(19)11-6-4-3-5-7-11/h3-10H,1-2H3,(H,18,20). The van der Waals surface area contributed by atoms with E-state index in [0.29, 0.717) is 11.1 Å². The van der Waals surface area contributed by atoms with Crippen LogP contribution in [0.5, 0.6) is 0 Å². The van der Waals surface area contributed by atoms with E-state index in [-0.39, 0.29) is 11.7 Å². The summed E-state index contributed by atoms with van der Waals surface area (Å²) in [6.45, 7) is 3.73. The topological polar surface area (TPSA) is 46.2 Å². The number of carbonyl (C=O) groups is 2. The molecule has 1 aliphatic rings. The van der Waals surface area contributed by atoms with Crippen LogP contribution >= 0.6 is 0 Å². The van der Waals surface area contributed by atoms with Gasteiger partial charge in [-0.3, -0.25) is 9.59 Å². The summed E-state index contributed by atoms with van der Waals surface area (Å²) in [4.78, 5) is 24.3. The predicted octanol–water partition coefficient (Wildman–Crippen LogP) is 3.15. The lowest BCUT2D eigenvalue weighted by atomic mass is 9.84. The summed E-state index contributed by atoms with van der Waals surface area (Å²) < 4.78 is 0. The van der Waals surface area contributed by atoms with Crippen LogP contribution in [0.3, 0.4) is 0 Å². The van der Waals surface area contributed by atoms with Gasteiger partial charge in [0.05, 0.1) is 5.41 Å². The van der Waals surface area contributed by atoms with E-state index in [1.807, 2.05) is 38.1 Å². The van der Waals surface area contributed by atoms with Crippen LogP contribution in [-0.4, -0.2) is 11.7 Å². The molecule has 0 spiro atoms. The second-order valence-electron chi connectivity index (χ2n) is 5.53. The van der Waals surface area contributed by atoms with E-state index in [2.05, 4.69) is 5.32 Å². The highest BCUT2D eigenvalue weighted by atomic mass is 16.2. The molecule has 3 heteroatoms. The Bertz CT molecular complexity index is 702. The van der Waals surface area contributed by atoms with Gasteiger partial charge in [0, 0.05) is 16.8 Å². The third-order valence-corrected chi connectivity index (χ3v) is 3.81. The van der Waals surface area contributed by atoms with Gasteiger partial charge in [0.2, 0.25) is 5.91 Å². The van der Waals surface area contributed by atoms with Gasteiger partial charge in [-0.2, -0.15) is 0 Å². The molecule has 0 unspecified atom stereocenters. The molecule has 0 radical (unpaired) electrons. The normalized spacial score (nSPS) is 15.6. The molecule has 3 nitrogen and oxygen atoms in total. The molecule has 1 heterocycles. The quantitative estimate of drug-likeness (QED) is 0.848. The van der Waals surface area contributed by atoms with E-state index < -0.39 is 5.41 Å². The van der Waals surface area contributed by atoms with Gasteiger partial charge in [-0.25, -0.2) is 0 Å². The van der Waals surface area contributed by atoms with Crippen molar-refractivity contribution in [2.45, 2.75) is 19.3 Å². The van der Waals surface area contributed by atoms with Gasteiger partial charge in [0.15, 0.2) is 5.78 Å². The molecule has 0 saturated carbocycles. The van der Waals surface area contributed by atoms with Gasteiger partial charge in [-0.1, -0.05) is 30.3 Å². The first-order valence-corrected chi connectivity index (χ1v) is 6.56. The first kappa shape index (κ1) is 12.6. The molecule has 0 bridgehead atoms. The second kappa shape index (κ2) is 4.30. The number of anilines is 1. The zero-order chi connectivity index (χ0) is 14.3. The number of fused-ring (bicyclic) bond motifs is 1. The molecule has 20 heavy (non-hydrogen) atoms. The lowest BCUT2D eigenvalue weighted by Gasteiger charge is -2.15. The molecule has 0 aliphatic carbocycles. The number of benzene rings is 2. The van der Waals surface area contributed by atoms with Crippen molar-refractivity contribution in [3.8, 4) is 0 Å². The molecular weight excluding hydrogens is 250 g/mol. The zero-order valence-corrected chi connectivity index (χ0v) is 11.4. The first-order valence-electron chi connectivity index (χ1n) is 6.56. The van der Waals surface area contributed by atoms with Gasteiger partial charge in [0.1, 0.15) is 0 Å². The van der Waals surface area contributed by atoms with E-state index in [9.17, 15) is 9.59 Å². The summed E-state index contributed by atoms with van der Waals surface area (Å²) in [5.41, 5.74) is 2.35. The summed E-state index contributed by atoms with van der Waals surface area (Å²) in [5, 5.41) is 2.84. The number of carbonyl (C=O) groups excluding carboxylic acids is 2. The molecule has 2 aromatic carbocycles. The summed E-state index contributed by atoms with van der Waals surface area (Å²) in [7, 11) is 0. The van der Waals surface area contributed by atoms with Crippen molar-refractivity contribution in [1.29, 1.82) is 0 Å². The molecule has 1 aliphatic heterocycles. The summed E-state index contributed by atoms with van der Waals surface area (Å²) in [5.74, 6) is -0.0552. The Morgan fingerprint density at radius 3 is 2.40 bits per heavy atom. The molecule has 3 rings (SSSR count). The Balaban J connectivity index is 2.05. The number of ketones is 1. The fourth-order valence-corrected chi connectivity index (χ4v) is 2.47. The fraction of sp³-hybridized carbons (Fsp3) is 0.176. The largest absolute Gasteiger partial charge is 0.325 e. The number of hydrogen-bond acceptors (Lipinski definition) is 2. The highest BCUT2D eigenvalue weighted by molar-refractivity contribution is 6.11. The maximum Gasteiger partial charge on any atom is 0.234 e. The van der Waals surface area contributed by atoms with Crippen molar-refractivity contribution in [3.63, 3.8) is 0 Å². The van der Waals surface area contributed by atoms with Gasteiger partial charge >= 0.3 is 0 Å². The smallest absolute Gasteiger partial charge is 0.234 e. The van der Waals surface area contributed by atoms with Crippen LogP contribution in [0.25, 0.3) is 0 Å².